The van der Waals surface area contributed by atoms with E-state index in [1.165, 1.54) is 0 Å². The van der Waals surface area contributed by atoms with Crippen molar-refractivity contribution in [3.63, 3.8) is 0 Å². The number of ether oxygens (including phenoxy) is 2. The Morgan fingerprint density at radius 3 is 2.85 bits per heavy atom. The molecule has 1 amide bonds. The van der Waals surface area contributed by atoms with Gasteiger partial charge in [0, 0.05) is 12.4 Å². The fourth-order valence-corrected chi connectivity index (χ4v) is 1.90. The molecule has 0 unspecified atom stereocenters. The fraction of sp³-hybridized carbons (Fsp3) is 0.214. The van der Waals surface area contributed by atoms with Crippen molar-refractivity contribution >= 4 is 5.91 Å². The number of nitrogens with one attached hydrogen (secondary N) is 1. The highest BCUT2D eigenvalue weighted by atomic mass is 16.7. The van der Waals surface area contributed by atoms with Crippen LogP contribution in [-0.2, 0) is 17.8 Å². The molecule has 1 aliphatic rings. The first kappa shape index (κ1) is 12.4. The van der Waals surface area contributed by atoms with Crippen LogP contribution in [0.5, 0.6) is 11.5 Å². The maximum absolute atomic E-state index is 11.8. The lowest BCUT2D eigenvalue weighted by molar-refractivity contribution is -0.120. The average molecular weight is 271 g/mol. The van der Waals surface area contributed by atoms with Crippen molar-refractivity contribution < 1.29 is 14.3 Å². The number of carbonyl (C=O) groups excluding carboxylic acids is 1. The van der Waals surface area contributed by atoms with E-state index in [0.29, 0.717) is 23.9 Å². The zero-order valence-corrected chi connectivity index (χ0v) is 10.7. The smallest absolute Gasteiger partial charge is 0.231 e. The third kappa shape index (κ3) is 2.85. The Bertz CT molecular complexity index is 616. The second-order valence-corrected chi connectivity index (χ2v) is 4.31. The van der Waals surface area contributed by atoms with Gasteiger partial charge < -0.3 is 14.8 Å². The summed E-state index contributed by atoms with van der Waals surface area (Å²) in [7, 11) is 0. The van der Waals surface area contributed by atoms with Crippen LogP contribution in [0.25, 0.3) is 0 Å². The summed E-state index contributed by atoms with van der Waals surface area (Å²) in [5.74, 6) is 1.90. The first-order valence-corrected chi connectivity index (χ1v) is 6.22. The molecule has 20 heavy (non-hydrogen) atoms. The Morgan fingerprint density at radius 2 is 2.00 bits per heavy atom. The van der Waals surface area contributed by atoms with Gasteiger partial charge in [-0.05, 0) is 23.8 Å². The molecule has 0 spiro atoms. The highest BCUT2D eigenvalue weighted by Crippen LogP contribution is 2.32. The number of rotatable bonds is 4. The molecule has 1 aliphatic heterocycles. The summed E-state index contributed by atoms with van der Waals surface area (Å²) >= 11 is 0. The zero-order valence-electron chi connectivity index (χ0n) is 10.7. The van der Waals surface area contributed by atoms with Crippen LogP contribution >= 0.6 is 0 Å². The molecule has 2 aromatic rings. The van der Waals surface area contributed by atoms with Gasteiger partial charge in [-0.1, -0.05) is 6.07 Å². The fourth-order valence-electron chi connectivity index (χ4n) is 1.90. The van der Waals surface area contributed by atoms with Crippen molar-refractivity contribution in [3.8, 4) is 11.5 Å². The summed E-state index contributed by atoms with van der Waals surface area (Å²) in [5, 5.41) is 2.78. The van der Waals surface area contributed by atoms with Crippen molar-refractivity contribution in [1.82, 2.24) is 15.3 Å². The third-order valence-electron chi connectivity index (χ3n) is 2.86. The van der Waals surface area contributed by atoms with E-state index >= 15 is 0 Å². The summed E-state index contributed by atoms with van der Waals surface area (Å²) in [4.78, 5) is 19.9. The number of fused-ring (bicyclic) bond motifs is 1. The van der Waals surface area contributed by atoms with Gasteiger partial charge in [0.1, 0.15) is 5.82 Å². The van der Waals surface area contributed by atoms with E-state index in [9.17, 15) is 4.79 Å². The SMILES string of the molecule is O=C(Cc1ccc2c(c1)OCO2)NCc1ncccn1. The van der Waals surface area contributed by atoms with Crippen molar-refractivity contribution in [1.29, 1.82) is 0 Å². The van der Waals surface area contributed by atoms with Gasteiger partial charge >= 0.3 is 0 Å². The summed E-state index contributed by atoms with van der Waals surface area (Å²) in [6.07, 6.45) is 3.57. The molecule has 2 heterocycles. The molecule has 102 valence electrons. The minimum Gasteiger partial charge on any atom is -0.454 e. The second-order valence-electron chi connectivity index (χ2n) is 4.31. The number of carbonyl (C=O) groups is 1. The monoisotopic (exact) mass is 271 g/mol. The van der Waals surface area contributed by atoms with Crippen LogP contribution in [0.1, 0.15) is 11.4 Å². The molecular formula is C14H13N3O3. The summed E-state index contributed by atoms with van der Waals surface area (Å²) < 4.78 is 10.5. The lowest BCUT2D eigenvalue weighted by Gasteiger charge is -2.05. The van der Waals surface area contributed by atoms with Crippen LogP contribution in [-0.4, -0.2) is 22.7 Å². The highest BCUT2D eigenvalue weighted by molar-refractivity contribution is 5.78. The summed E-state index contributed by atoms with van der Waals surface area (Å²) in [5.41, 5.74) is 0.876. The lowest BCUT2D eigenvalue weighted by atomic mass is 10.1. The minimum absolute atomic E-state index is 0.0867. The van der Waals surface area contributed by atoms with Gasteiger partial charge in [0.15, 0.2) is 11.5 Å². The molecule has 6 heteroatoms. The molecule has 6 nitrogen and oxygen atoms in total. The van der Waals surface area contributed by atoms with Crippen LogP contribution in [0.2, 0.25) is 0 Å². The van der Waals surface area contributed by atoms with Crippen LogP contribution in [0.4, 0.5) is 0 Å². The Labute approximate surface area is 115 Å². The van der Waals surface area contributed by atoms with Crippen molar-refractivity contribution in [3.05, 3.63) is 48.0 Å². The third-order valence-corrected chi connectivity index (χ3v) is 2.86. The van der Waals surface area contributed by atoms with E-state index in [0.717, 1.165) is 5.56 Å². The van der Waals surface area contributed by atoms with Gasteiger partial charge in [-0.2, -0.15) is 0 Å². The maximum Gasteiger partial charge on any atom is 0.231 e. The summed E-state index contributed by atoms with van der Waals surface area (Å²) in [6.45, 7) is 0.556. The molecule has 1 aromatic heterocycles. The molecule has 1 N–H and O–H groups in total. The van der Waals surface area contributed by atoms with Gasteiger partial charge in [-0.15, -0.1) is 0 Å². The molecule has 0 saturated heterocycles. The van der Waals surface area contributed by atoms with E-state index < -0.39 is 0 Å². The molecule has 0 aliphatic carbocycles. The van der Waals surface area contributed by atoms with Gasteiger partial charge in [0.25, 0.3) is 0 Å². The number of amides is 1. The molecule has 0 bridgehead atoms. The van der Waals surface area contributed by atoms with E-state index in [-0.39, 0.29) is 19.1 Å². The van der Waals surface area contributed by atoms with Crippen LogP contribution in [0, 0.1) is 0 Å². The maximum atomic E-state index is 11.8. The topological polar surface area (TPSA) is 73.3 Å². The van der Waals surface area contributed by atoms with Gasteiger partial charge in [0.2, 0.25) is 12.7 Å². The number of nitrogens with zero attached hydrogens (tertiary/aromatic N) is 2. The molecular weight excluding hydrogens is 258 g/mol. The van der Waals surface area contributed by atoms with Crippen molar-refractivity contribution in [2.75, 3.05) is 6.79 Å². The highest BCUT2D eigenvalue weighted by Gasteiger charge is 2.14. The predicted octanol–water partition coefficient (Wildman–Crippen LogP) is 1.06. The Hall–Kier alpha value is -2.63. The number of hydrogen-bond donors (Lipinski definition) is 1. The van der Waals surface area contributed by atoms with Gasteiger partial charge in [-0.25, -0.2) is 9.97 Å². The largest absolute Gasteiger partial charge is 0.454 e. The minimum atomic E-state index is -0.0867. The van der Waals surface area contributed by atoms with Crippen molar-refractivity contribution in [2.24, 2.45) is 0 Å². The van der Waals surface area contributed by atoms with Crippen LogP contribution in [0.3, 0.4) is 0 Å². The van der Waals surface area contributed by atoms with E-state index in [4.69, 9.17) is 9.47 Å². The number of benzene rings is 1. The molecule has 0 radical (unpaired) electrons. The van der Waals surface area contributed by atoms with E-state index in [1.807, 2.05) is 18.2 Å². The Kier molecular flexibility index (Phi) is 3.45. The van der Waals surface area contributed by atoms with Crippen LogP contribution in [0.15, 0.2) is 36.7 Å². The number of hydrogen-bond acceptors (Lipinski definition) is 5. The Morgan fingerprint density at radius 1 is 1.20 bits per heavy atom. The first-order valence-electron chi connectivity index (χ1n) is 6.22. The molecule has 1 aromatic carbocycles. The van der Waals surface area contributed by atoms with Crippen molar-refractivity contribution in [2.45, 2.75) is 13.0 Å². The molecule has 0 fully saturated rings. The van der Waals surface area contributed by atoms with Gasteiger partial charge in [0.05, 0.1) is 13.0 Å². The normalized spacial score (nSPS) is 12.2. The predicted molar refractivity (Wildman–Crippen MR) is 70.1 cm³/mol. The molecule has 0 atom stereocenters. The average Bonchev–Trinajstić information content (AvgIpc) is 2.94. The molecule has 3 rings (SSSR count). The number of aromatic nitrogens is 2. The van der Waals surface area contributed by atoms with E-state index in [2.05, 4.69) is 15.3 Å². The first-order chi connectivity index (χ1) is 9.81. The molecule has 0 saturated carbocycles. The van der Waals surface area contributed by atoms with E-state index in [1.54, 1.807) is 18.5 Å². The van der Waals surface area contributed by atoms with Crippen LogP contribution < -0.4 is 14.8 Å². The second kappa shape index (κ2) is 5.56. The van der Waals surface area contributed by atoms with Gasteiger partial charge in [-0.3, -0.25) is 4.79 Å². The standard InChI is InChI=1S/C14H13N3O3/c18-14(17-8-13-15-4-1-5-16-13)7-10-2-3-11-12(6-10)20-9-19-11/h1-6H,7-9H2,(H,17,18). The zero-order chi connectivity index (χ0) is 13.8. The lowest BCUT2D eigenvalue weighted by Crippen LogP contribution is -2.25. The Balaban J connectivity index is 1.56. The quantitative estimate of drug-likeness (QED) is 0.900. The summed E-state index contributed by atoms with van der Waals surface area (Å²) in [6, 6.07) is 7.22.